The molecule has 0 saturated heterocycles. The molecule has 0 heterocycles. The van der Waals surface area contributed by atoms with Crippen LogP contribution in [0.1, 0.15) is 67.9 Å². The van der Waals surface area contributed by atoms with Gasteiger partial charge in [0.15, 0.2) is 6.29 Å². The van der Waals surface area contributed by atoms with E-state index >= 15 is 0 Å². The maximum Gasteiger partial charge on any atom is 0.154 e. The number of phenols is 2. The summed E-state index contributed by atoms with van der Waals surface area (Å²) in [5.74, 6) is -0.400. The molecule has 28 heavy (non-hydrogen) atoms. The monoisotopic (exact) mass is 406 g/mol. The Balaban J connectivity index is 2.72. The fourth-order valence-electron chi connectivity index (χ4n) is 2.86. The van der Waals surface area contributed by atoms with Crippen molar-refractivity contribution in [1.82, 2.24) is 0 Å². The zero-order valence-corrected chi connectivity index (χ0v) is 17.9. The molecule has 0 radical (unpaired) electrons. The molecule has 0 aliphatic heterocycles. The molecule has 1 atom stereocenters. The van der Waals surface area contributed by atoms with Crippen LogP contribution in [-0.2, 0) is 6.42 Å². The molecule has 1 aromatic carbocycles. The fourth-order valence-corrected chi connectivity index (χ4v) is 3.07. The lowest BCUT2D eigenvalue weighted by molar-refractivity contribution is 0.112. The van der Waals surface area contributed by atoms with E-state index < -0.39 is 6.10 Å². The SMILES string of the molecule is C=C(C)[C@@H](O)CC/C(C)=C/CC/C(C)=C/Cc1c(O)c(Cl)c(C)c(C=O)c1O. The first kappa shape index (κ1) is 24.0. The van der Waals surface area contributed by atoms with Gasteiger partial charge < -0.3 is 15.3 Å². The summed E-state index contributed by atoms with van der Waals surface area (Å²) < 4.78 is 0. The number of halogens is 1. The van der Waals surface area contributed by atoms with Crippen molar-refractivity contribution in [3.8, 4) is 11.5 Å². The second-order valence-corrected chi connectivity index (χ2v) is 7.77. The first-order chi connectivity index (χ1) is 13.1. The van der Waals surface area contributed by atoms with E-state index in [1.807, 2.05) is 19.9 Å². The first-order valence-corrected chi connectivity index (χ1v) is 9.80. The molecule has 0 unspecified atom stereocenters. The normalized spacial score (nSPS) is 13.5. The Kier molecular flexibility index (Phi) is 9.50. The van der Waals surface area contributed by atoms with Crippen molar-refractivity contribution in [1.29, 1.82) is 0 Å². The second-order valence-electron chi connectivity index (χ2n) is 7.39. The van der Waals surface area contributed by atoms with Gasteiger partial charge in [0, 0.05) is 5.56 Å². The van der Waals surface area contributed by atoms with E-state index in [2.05, 4.69) is 19.6 Å². The summed E-state index contributed by atoms with van der Waals surface area (Å²) in [5.41, 5.74) is 3.86. The van der Waals surface area contributed by atoms with Crippen molar-refractivity contribution >= 4 is 17.9 Å². The Bertz CT molecular complexity index is 791. The van der Waals surface area contributed by atoms with E-state index in [1.54, 1.807) is 6.92 Å². The molecule has 1 rings (SSSR count). The van der Waals surface area contributed by atoms with Crippen molar-refractivity contribution in [2.45, 2.75) is 65.9 Å². The molecule has 0 fully saturated rings. The molecule has 0 saturated carbocycles. The summed E-state index contributed by atoms with van der Waals surface area (Å²) in [4.78, 5) is 11.2. The van der Waals surface area contributed by atoms with Crippen molar-refractivity contribution in [3.63, 3.8) is 0 Å². The summed E-state index contributed by atoms with van der Waals surface area (Å²) in [6.07, 6.45) is 7.67. The zero-order valence-electron chi connectivity index (χ0n) is 17.2. The first-order valence-electron chi connectivity index (χ1n) is 9.42. The highest BCUT2D eigenvalue weighted by atomic mass is 35.5. The zero-order chi connectivity index (χ0) is 21.4. The number of hydrogen-bond donors (Lipinski definition) is 3. The third-order valence-corrected chi connectivity index (χ3v) is 5.42. The number of aliphatic hydroxyl groups is 1. The molecule has 0 spiro atoms. The fraction of sp³-hybridized carbons (Fsp3) is 0.435. The van der Waals surface area contributed by atoms with E-state index in [-0.39, 0.29) is 34.1 Å². The van der Waals surface area contributed by atoms with Gasteiger partial charge in [-0.15, -0.1) is 0 Å². The summed E-state index contributed by atoms with van der Waals surface area (Å²) >= 11 is 6.07. The number of hydrogen-bond acceptors (Lipinski definition) is 4. The van der Waals surface area contributed by atoms with Gasteiger partial charge in [-0.1, -0.05) is 47.1 Å². The molecule has 4 nitrogen and oxygen atoms in total. The maximum atomic E-state index is 11.2. The number of aromatic hydroxyl groups is 2. The maximum absolute atomic E-state index is 11.2. The second kappa shape index (κ2) is 11.1. The quantitative estimate of drug-likeness (QED) is 0.338. The number of phenolic OH excluding ortho intramolecular Hbond substituents is 2. The van der Waals surface area contributed by atoms with Gasteiger partial charge in [-0.3, -0.25) is 4.79 Å². The van der Waals surface area contributed by atoms with Crippen LogP contribution in [0.15, 0.2) is 35.5 Å². The third kappa shape index (κ3) is 6.54. The highest BCUT2D eigenvalue weighted by Crippen LogP contribution is 2.40. The van der Waals surface area contributed by atoms with Crippen molar-refractivity contribution in [2.75, 3.05) is 0 Å². The molecule has 5 heteroatoms. The van der Waals surface area contributed by atoms with Gasteiger partial charge >= 0.3 is 0 Å². The smallest absolute Gasteiger partial charge is 0.154 e. The number of rotatable bonds is 10. The molecule has 0 aliphatic carbocycles. The highest BCUT2D eigenvalue weighted by Gasteiger charge is 2.19. The number of benzene rings is 1. The largest absolute Gasteiger partial charge is 0.507 e. The molecule has 0 aromatic heterocycles. The average molecular weight is 407 g/mol. The lowest BCUT2D eigenvalue weighted by Crippen LogP contribution is -2.06. The highest BCUT2D eigenvalue weighted by molar-refractivity contribution is 6.33. The standard InChI is InChI=1S/C23H31ClO4/c1-14(2)20(26)12-10-16(4)8-6-7-15(3)9-11-18-22(27)19(13-25)17(5)21(24)23(18)28/h8-9,13,20,26-28H,1,6-7,10-12H2,2-5H3/b15-9+,16-8+/t20-/m0/s1. The molecular weight excluding hydrogens is 376 g/mol. The third-order valence-electron chi connectivity index (χ3n) is 4.95. The van der Waals surface area contributed by atoms with Crippen LogP contribution in [0.3, 0.4) is 0 Å². The Morgan fingerprint density at radius 3 is 2.29 bits per heavy atom. The minimum Gasteiger partial charge on any atom is -0.507 e. The van der Waals surface area contributed by atoms with E-state index in [9.17, 15) is 20.1 Å². The van der Waals surface area contributed by atoms with Crippen molar-refractivity contribution in [3.05, 3.63) is 57.2 Å². The van der Waals surface area contributed by atoms with Gasteiger partial charge in [0.05, 0.1) is 16.7 Å². The molecule has 3 N–H and O–H groups in total. The predicted molar refractivity (Wildman–Crippen MR) is 115 cm³/mol. The Morgan fingerprint density at radius 1 is 1.11 bits per heavy atom. The van der Waals surface area contributed by atoms with Crippen LogP contribution in [0, 0.1) is 6.92 Å². The van der Waals surface area contributed by atoms with Crippen LogP contribution in [0.4, 0.5) is 0 Å². The van der Waals surface area contributed by atoms with Crippen molar-refractivity contribution < 1.29 is 20.1 Å². The van der Waals surface area contributed by atoms with Gasteiger partial charge in [0.2, 0.25) is 0 Å². The minimum absolute atomic E-state index is 0.0939. The van der Waals surface area contributed by atoms with Gasteiger partial charge in [-0.25, -0.2) is 0 Å². The van der Waals surface area contributed by atoms with Crippen LogP contribution >= 0.6 is 11.6 Å². The summed E-state index contributed by atoms with van der Waals surface area (Å²) in [6, 6.07) is 0. The number of aldehydes is 1. The Labute approximate surface area is 172 Å². The number of aliphatic hydroxyl groups excluding tert-OH is 1. The van der Waals surface area contributed by atoms with Crippen LogP contribution in [0.5, 0.6) is 11.5 Å². The van der Waals surface area contributed by atoms with Gasteiger partial charge in [-0.2, -0.15) is 0 Å². The Hall–Kier alpha value is -2.04. The molecule has 154 valence electrons. The minimum atomic E-state index is -0.456. The molecular formula is C23H31ClO4. The summed E-state index contributed by atoms with van der Waals surface area (Å²) in [7, 11) is 0. The van der Waals surface area contributed by atoms with Gasteiger partial charge in [0.25, 0.3) is 0 Å². The lowest BCUT2D eigenvalue weighted by Gasteiger charge is -2.13. The van der Waals surface area contributed by atoms with E-state index in [0.29, 0.717) is 18.3 Å². The molecule has 0 amide bonds. The van der Waals surface area contributed by atoms with Crippen LogP contribution < -0.4 is 0 Å². The summed E-state index contributed by atoms with van der Waals surface area (Å²) in [6.45, 7) is 11.2. The average Bonchev–Trinajstić information content (AvgIpc) is 2.64. The van der Waals surface area contributed by atoms with E-state index in [1.165, 1.54) is 5.57 Å². The van der Waals surface area contributed by atoms with Crippen LogP contribution in [0.2, 0.25) is 5.02 Å². The molecule has 0 aliphatic rings. The summed E-state index contributed by atoms with van der Waals surface area (Å²) in [5, 5.41) is 30.3. The van der Waals surface area contributed by atoms with Crippen molar-refractivity contribution in [2.24, 2.45) is 0 Å². The molecule has 0 bridgehead atoms. The Morgan fingerprint density at radius 2 is 1.71 bits per heavy atom. The topological polar surface area (TPSA) is 77.8 Å². The van der Waals surface area contributed by atoms with Gasteiger partial charge in [0.1, 0.15) is 11.5 Å². The van der Waals surface area contributed by atoms with Crippen LogP contribution in [0.25, 0.3) is 0 Å². The van der Waals surface area contributed by atoms with E-state index in [4.69, 9.17) is 11.6 Å². The lowest BCUT2D eigenvalue weighted by atomic mass is 9.98. The van der Waals surface area contributed by atoms with Crippen LogP contribution in [-0.4, -0.2) is 27.7 Å². The number of allylic oxidation sites excluding steroid dienone is 4. The predicted octanol–water partition coefficient (Wildman–Crippen LogP) is 5.80. The van der Waals surface area contributed by atoms with E-state index in [0.717, 1.165) is 30.4 Å². The number of carbonyl (C=O) groups is 1. The number of carbonyl (C=O) groups excluding carboxylic acids is 1. The van der Waals surface area contributed by atoms with Gasteiger partial charge in [-0.05, 0) is 65.4 Å². The molecule has 1 aromatic rings.